The number of halogens is 1. The Hall–Kier alpha value is -3.16. The Labute approximate surface area is 182 Å². The number of aromatic nitrogens is 2. The zero-order valence-corrected chi connectivity index (χ0v) is 17.7. The van der Waals surface area contributed by atoms with Gasteiger partial charge in [-0.25, -0.2) is 0 Å². The molecule has 0 aliphatic rings. The first-order chi connectivity index (χ1) is 14.5. The lowest BCUT2D eigenvalue weighted by atomic mass is 10.1. The van der Waals surface area contributed by atoms with Gasteiger partial charge in [-0.3, -0.25) is 14.7 Å². The van der Waals surface area contributed by atoms with Crippen LogP contribution in [-0.2, 0) is 17.8 Å². The van der Waals surface area contributed by atoms with E-state index in [1.807, 2.05) is 49.4 Å². The first-order valence-electron chi connectivity index (χ1n) is 9.34. The van der Waals surface area contributed by atoms with Crippen LogP contribution in [0, 0.1) is 6.92 Å². The number of aromatic amines is 1. The van der Waals surface area contributed by atoms with Gasteiger partial charge in [0.15, 0.2) is 5.82 Å². The molecule has 4 aromatic rings. The highest BCUT2D eigenvalue weighted by atomic mass is 35.5. The monoisotopic (exact) mass is 438 g/mol. The number of thiophene rings is 1. The highest BCUT2D eigenvalue weighted by Crippen LogP contribution is 2.29. The van der Waals surface area contributed by atoms with Gasteiger partial charge >= 0.3 is 0 Å². The number of hydrogen-bond donors (Lipinski definition) is 3. The normalized spacial score (nSPS) is 10.9. The highest BCUT2D eigenvalue weighted by Gasteiger charge is 2.17. The topological polar surface area (TPSA) is 86.9 Å². The molecule has 2 aromatic heterocycles. The van der Waals surface area contributed by atoms with Crippen molar-refractivity contribution in [2.24, 2.45) is 0 Å². The van der Waals surface area contributed by atoms with Crippen LogP contribution in [0.2, 0.25) is 5.02 Å². The van der Waals surface area contributed by atoms with Gasteiger partial charge in [0.2, 0.25) is 5.91 Å². The molecule has 0 fully saturated rings. The molecule has 0 unspecified atom stereocenters. The number of nitrogens with zero attached hydrogens (tertiary/aromatic N) is 1. The summed E-state index contributed by atoms with van der Waals surface area (Å²) in [6, 6.07) is 17.0. The Morgan fingerprint density at radius 1 is 1.13 bits per heavy atom. The molecule has 3 N–H and O–H groups in total. The average molecular weight is 439 g/mol. The molecule has 0 aliphatic carbocycles. The van der Waals surface area contributed by atoms with E-state index >= 15 is 0 Å². The molecule has 2 heterocycles. The zero-order valence-electron chi connectivity index (χ0n) is 16.2. The predicted octanol–water partition coefficient (Wildman–Crippen LogP) is 4.70. The molecular weight excluding hydrogens is 420 g/mol. The Morgan fingerprint density at radius 3 is 2.67 bits per heavy atom. The minimum absolute atomic E-state index is 0.141. The van der Waals surface area contributed by atoms with Gasteiger partial charge in [0.25, 0.3) is 5.91 Å². The summed E-state index contributed by atoms with van der Waals surface area (Å²) in [5.74, 6) is 0.00230. The first-order valence-corrected chi connectivity index (χ1v) is 10.5. The largest absolute Gasteiger partial charge is 0.347 e. The van der Waals surface area contributed by atoms with Gasteiger partial charge in [0.05, 0.1) is 16.7 Å². The van der Waals surface area contributed by atoms with Crippen molar-refractivity contribution in [3.63, 3.8) is 0 Å². The van der Waals surface area contributed by atoms with Crippen molar-refractivity contribution in [3.8, 4) is 0 Å². The standard InChI is InChI=1S/C22H19ClN4O2S/c1-13-6-8-14(9-7-13)12-24-21(29)18-11-16-20(26-27-22(16)30-18)25-19(28)10-15-4-2-3-5-17(15)23/h2-9,11H,10,12H2,1H3,(H,24,29)(H2,25,26,27,28). The van der Waals surface area contributed by atoms with E-state index in [1.165, 1.54) is 16.9 Å². The van der Waals surface area contributed by atoms with Crippen LogP contribution in [-0.4, -0.2) is 22.0 Å². The average Bonchev–Trinajstić information content (AvgIpc) is 3.31. The van der Waals surface area contributed by atoms with Gasteiger partial charge in [0, 0.05) is 11.6 Å². The van der Waals surface area contributed by atoms with Gasteiger partial charge < -0.3 is 10.6 Å². The number of benzene rings is 2. The second kappa shape index (κ2) is 8.69. The summed E-state index contributed by atoms with van der Waals surface area (Å²) in [6.07, 6.45) is 0.141. The number of aryl methyl sites for hydroxylation is 1. The van der Waals surface area contributed by atoms with E-state index in [4.69, 9.17) is 11.6 Å². The van der Waals surface area contributed by atoms with Gasteiger partial charge in [0.1, 0.15) is 4.83 Å². The third kappa shape index (κ3) is 4.53. The van der Waals surface area contributed by atoms with Crippen molar-refractivity contribution in [2.75, 3.05) is 5.32 Å². The van der Waals surface area contributed by atoms with Crippen molar-refractivity contribution in [1.29, 1.82) is 0 Å². The summed E-state index contributed by atoms with van der Waals surface area (Å²) in [5, 5.41) is 14.0. The van der Waals surface area contributed by atoms with Gasteiger partial charge in [-0.2, -0.15) is 5.10 Å². The second-order valence-corrected chi connectivity index (χ2v) is 8.37. The lowest BCUT2D eigenvalue weighted by molar-refractivity contribution is -0.115. The van der Waals surface area contributed by atoms with Crippen LogP contribution in [0.4, 0.5) is 5.82 Å². The Kier molecular flexibility index (Phi) is 5.83. The minimum Gasteiger partial charge on any atom is -0.347 e. The number of H-pyrrole nitrogens is 1. The smallest absolute Gasteiger partial charge is 0.261 e. The van der Waals surface area contributed by atoms with Crippen LogP contribution in [0.1, 0.15) is 26.4 Å². The van der Waals surface area contributed by atoms with Crippen LogP contribution < -0.4 is 10.6 Å². The van der Waals surface area contributed by atoms with E-state index in [0.29, 0.717) is 27.6 Å². The fraction of sp³-hybridized carbons (Fsp3) is 0.136. The SMILES string of the molecule is Cc1ccc(CNC(=O)c2cc3c(NC(=O)Cc4ccccc4Cl)n[nH]c3s2)cc1. The molecular formula is C22H19ClN4O2S. The Balaban J connectivity index is 1.42. The maximum Gasteiger partial charge on any atom is 0.261 e. The first kappa shape index (κ1) is 20.1. The maximum atomic E-state index is 12.5. The number of carbonyl (C=O) groups excluding carboxylic acids is 2. The van der Waals surface area contributed by atoms with Crippen molar-refractivity contribution in [3.05, 3.63) is 81.2 Å². The van der Waals surface area contributed by atoms with Crippen LogP contribution in [0.3, 0.4) is 0 Å². The van der Waals surface area contributed by atoms with Gasteiger partial charge in [-0.15, -0.1) is 11.3 Å². The van der Waals surface area contributed by atoms with Crippen LogP contribution >= 0.6 is 22.9 Å². The summed E-state index contributed by atoms with van der Waals surface area (Å²) in [7, 11) is 0. The van der Waals surface area contributed by atoms with Crippen LogP contribution in [0.15, 0.2) is 54.6 Å². The Morgan fingerprint density at radius 2 is 1.90 bits per heavy atom. The molecule has 6 nitrogen and oxygen atoms in total. The van der Waals surface area contributed by atoms with E-state index in [2.05, 4.69) is 20.8 Å². The van der Waals surface area contributed by atoms with Crippen LogP contribution in [0.5, 0.6) is 0 Å². The predicted molar refractivity (Wildman–Crippen MR) is 120 cm³/mol. The van der Waals surface area contributed by atoms with Crippen molar-refractivity contribution >= 4 is 50.8 Å². The molecule has 0 radical (unpaired) electrons. The van der Waals surface area contributed by atoms with E-state index in [0.717, 1.165) is 16.0 Å². The van der Waals surface area contributed by atoms with Gasteiger partial charge in [-0.1, -0.05) is 59.6 Å². The van der Waals surface area contributed by atoms with Crippen molar-refractivity contribution < 1.29 is 9.59 Å². The fourth-order valence-electron chi connectivity index (χ4n) is 2.99. The summed E-state index contributed by atoms with van der Waals surface area (Å²) >= 11 is 7.42. The zero-order chi connectivity index (χ0) is 21.1. The number of nitrogens with one attached hydrogen (secondary N) is 3. The number of rotatable bonds is 6. The molecule has 0 atom stereocenters. The Bertz CT molecular complexity index is 1210. The molecule has 4 rings (SSSR count). The molecule has 0 saturated carbocycles. The van der Waals surface area contributed by atoms with Gasteiger partial charge in [-0.05, 0) is 30.2 Å². The molecule has 152 valence electrons. The fourth-order valence-corrected chi connectivity index (χ4v) is 4.11. The number of carbonyl (C=O) groups is 2. The maximum absolute atomic E-state index is 12.5. The number of fused-ring (bicyclic) bond motifs is 1. The highest BCUT2D eigenvalue weighted by molar-refractivity contribution is 7.20. The molecule has 0 aliphatic heterocycles. The van der Waals surface area contributed by atoms with E-state index < -0.39 is 0 Å². The number of amides is 2. The third-order valence-electron chi connectivity index (χ3n) is 4.62. The summed E-state index contributed by atoms with van der Waals surface area (Å²) in [5.41, 5.74) is 2.95. The van der Waals surface area contributed by atoms with Crippen molar-refractivity contribution in [2.45, 2.75) is 19.9 Å². The molecule has 0 spiro atoms. The molecule has 8 heteroatoms. The van der Waals surface area contributed by atoms with Crippen molar-refractivity contribution in [1.82, 2.24) is 15.5 Å². The number of anilines is 1. The molecule has 2 amide bonds. The molecule has 2 aromatic carbocycles. The summed E-state index contributed by atoms with van der Waals surface area (Å²) in [4.78, 5) is 26.2. The van der Waals surface area contributed by atoms with Crippen LogP contribution in [0.25, 0.3) is 10.2 Å². The minimum atomic E-state index is -0.229. The van der Waals surface area contributed by atoms with E-state index in [9.17, 15) is 9.59 Å². The summed E-state index contributed by atoms with van der Waals surface area (Å²) in [6.45, 7) is 2.47. The van der Waals surface area contributed by atoms with E-state index in [1.54, 1.807) is 12.1 Å². The molecule has 30 heavy (non-hydrogen) atoms. The third-order valence-corrected chi connectivity index (χ3v) is 6.03. The quantitative estimate of drug-likeness (QED) is 0.408. The number of hydrogen-bond acceptors (Lipinski definition) is 4. The van der Waals surface area contributed by atoms with E-state index in [-0.39, 0.29) is 18.2 Å². The summed E-state index contributed by atoms with van der Waals surface area (Å²) < 4.78 is 0. The molecule has 0 saturated heterocycles. The molecule has 0 bridgehead atoms. The lowest BCUT2D eigenvalue weighted by Gasteiger charge is -2.05. The lowest BCUT2D eigenvalue weighted by Crippen LogP contribution is -2.21. The second-order valence-electron chi connectivity index (χ2n) is 6.91.